The van der Waals surface area contributed by atoms with Crippen LogP contribution in [0.3, 0.4) is 0 Å². The Bertz CT molecular complexity index is 445. The van der Waals surface area contributed by atoms with Crippen molar-refractivity contribution >= 4 is 0 Å². The van der Waals surface area contributed by atoms with Crippen LogP contribution in [0.4, 0.5) is 0 Å². The van der Waals surface area contributed by atoms with Gasteiger partial charge < -0.3 is 5.32 Å². The first-order chi connectivity index (χ1) is 8.77. The van der Waals surface area contributed by atoms with Crippen LogP contribution in [0.25, 0.3) is 0 Å². The molecule has 0 radical (unpaired) electrons. The van der Waals surface area contributed by atoms with Gasteiger partial charge in [0.2, 0.25) is 0 Å². The summed E-state index contributed by atoms with van der Waals surface area (Å²) in [6.45, 7) is 7.07. The van der Waals surface area contributed by atoms with Gasteiger partial charge in [0.05, 0.1) is 0 Å². The number of nitrogens with one attached hydrogen (secondary N) is 1. The van der Waals surface area contributed by atoms with Crippen molar-refractivity contribution in [3.05, 3.63) is 33.9 Å². The van der Waals surface area contributed by atoms with Crippen LogP contribution in [0.1, 0.15) is 67.9 Å². The Kier molecular flexibility index (Phi) is 4.67. The summed E-state index contributed by atoms with van der Waals surface area (Å²) in [5.74, 6) is 0.685. The van der Waals surface area contributed by atoms with Crippen molar-refractivity contribution in [2.75, 3.05) is 13.1 Å². The molecule has 1 heterocycles. The molecule has 0 aromatic heterocycles. The summed E-state index contributed by atoms with van der Waals surface area (Å²) >= 11 is 0. The molecule has 0 atom stereocenters. The monoisotopic (exact) mass is 259 g/mol. The summed E-state index contributed by atoms with van der Waals surface area (Å²) in [5.41, 5.74) is 8.44. The van der Waals surface area contributed by atoms with E-state index in [4.69, 9.17) is 0 Å². The standard InChI is InChI=1S/C17H25N.CH4/c1-12(2)17-15-6-4-3-5-13(15)11-14-7-9-18-10-8-16(14)17;/h11-12,18H,3-10H2,1-2H3;1H4. The van der Waals surface area contributed by atoms with Gasteiger partial charge in [0, 0.05) is 0 Å². The number of fused-ring (bicyclic) bond motifs is 2. The molecule has 0 fully saturated rings. The quantitative estimate of drug-likeness (QED) is 0.803. The first kappa shape index (κ1) is 14.6. The minimum Gasteiger partial charge on any atom is -0.316 e. The molecule has 1 aliphatic heterocycles. The average Bonchev–Trinajstić information content (AvgIpc) is 2.60. The van der Waals surface area contributed by atoms with E-state index >= 15 is 0 Å². The second kappa shape index (κ2) is 6.09. The highest BCUT2D eigenvalue weighted by molar-refractivity contribution is 5.49. The van der Waals surface area contributed by atoms with Crippen LogP contribution in [-0.4, -0.2) is 13.1 Å². The maximum absolute atomic E-state index is 3.55. The van der Waals surface area contributed by atoms with Gasteiger partial charge in [-0.15, -0.1) is 0 Å². The molecule has 1 N–H and O–H groups in total. The van der Waals surface area contributed by atoms with Crippen molar-refractivity contribution in [2.45, 2.75) is 65.7 Å². The van der Waals surface area contributed by atoms with Crippen LogP contribution < -0.4 is 5.32 Å². The van der Waals surface area contributed by atoms with Gasteiger partial charge in [0.1, 0.15) is 0 Å². The van der Waals surface area contributed by atoms with Crippen LogP contribution >= 0.6 is 0 Å². The Balaban J connectivity index is 0.00000133. The zero-order valence-corrected chi connectivity index (χ0v) is 11.8. The molecular weight excluding hydrogens is 230 g/mol. The van der Waals surface area contributed by atoms with Crippen LogP contribution in [0, 0.1) is 0 Å². The number of hydrogen-bond donors (Lipinski definition) is 1. The highest BCUT2D eigenvalue weighted by atomic mass is 14.8. The molecule has 1 aromatic rings. The molecule has 1 aromatic carbocycles. The molecule has 2 aliphatic rings. The lowest BCUT2D eigenvalue weighted by Crippen LogP contribution is -2.16. The van der Waals surface area contributed by atoms with E-state index in [1.165, 1.54) is 38.5 Å². The first-order valence-corrected chi connectivity index (χ1v) is 7.64. The highest BCUT2D eigenvalue weighted by Gasteiger charge is 2.22. The number of aryl methyl sites for hydroxylation is 1. The summed E-state index contributed by atoms with van der Waals surface area (Å²) in [6.07, 6.45) is 7.88. The van der Waals surface area contributed by atoms with Gasteiger partial charge in [-0.2, -0.15) is 0 Å². The Hall–Kier alpha value is -0.820. The minimum atomic E-state index is 0. The van der Waals surface area contributed by atoms with Gasteiger partial charge in [-0.25, -0.2) is 0 Å². The van der Waals surface area contributed by atoms with E-state index in [2.05, 4.69) is 25.2 Å². The van der Waals surface area contributed by atoms with Crippen LogP contribution in [0.15, 0.2) is 6.07 Å². The fraction of sp³-hybridized carbons (Fsp3) is 0.667. The van der Waals surface area contributed by atoms with Gasteiger partial charge in [0.25, 0.3) is 0 Å². The SMILES string of the molecule is C.CC(C)c1c2c(cc3c1CCNCC3)CCCC2. The number of hydrogen-bond acceptors (Lipinski definition) is 1. The molecular formula is C18H29N. The van der Waals surface area contributed by atoms with Crippen molar-refractivity contribution in [3.8, 4) is 0 Å². The summed E-state index contributed by atoms with van der Waals surface area (Å²) < 4.78 is 0. The molecule has 0 unspecified atom stereocenters. The molecule has 0 amide bonds. The molecule has 19 heavy (non-hydrogen) atoms. The molecule has 1 aliphatic carbocycles. The number of rotatable bonds is 1. The third kappa shape index (κ3) is 2.72. The second-order valence-corrected chi connectivity index (χ2v) is 6.18. The highest BCUT2D eigenvalue weighted by Crippen LogP contribution is 2.35. The Labute approximate surface area is 118 Å². The molecule has 106 valence electrons. The Morgan fingerprint density at radius 2 is 1.53 bits per heavy atom. The largest absolute Gasteiger partial charge is 0.316 e. The smallest absolute Gasteiger partial charge is 0.000801 e. The number of benzene rings is 1. The minimum absolute atomic E-state index is 0. The van der Waals surface area contributed by atoms with E-state index in [1.54, 1.807) is 27.8 Å². The summed E-state index contributed by atoms with van der Waals surface area (Å²) in [7, 11) is 0. The summed E-state index contributed by atoms with van der Waals surface area (Å²) in [4.78, 5) is 0. The van der Waals surface area contributed by atoms with Crippen LogP contribution in [0.2, 0.25) is 0 Å². The molecule has 0 spiro atoms. The Morgan fingerprint density at radius 1 is 0.895 bits per heavy atom. The van der Waals surface area contributed by atoms with Gasteiger partial charge in [-0.05, 0) is 85.3 Å². The van der Waals surface area contributed by atoms with Gasteiger partial charge in [0.15, 0.2) is 0 Å². The van der Waals surface area contributed by atoms with Gasteiger partial charge in [-0.3, -0.25) is 0 Å². The topological polar surface area (TPSA) is 12.0 Å². The zero-order valence-electron chi connectivity index (χ0n) is 11.8. The normalized spacial score (nSPS) is 18.3. The van der Waals surface area contributed by atoms with Crippen molar-refractivity contribution in [3.63, 3.8) is 0 Å². The molecule has 1 heteroatoms. The van der Waals surface area contributed by atoms with Crippen molar-refractivity contribution in [1.29, 1.82) is 0 Å². The zero-order chi connectivity index (χ0) is 12.5. The molecule has 0 saturated carbocycles. The maximum Gasteiger partial charge on any atom is -0.000801 e. The third-order valence-electron chi connectivity index (χ3n) is 4.60. The lowest BCUT2D eigenvalue weighted by atomic mass is 9.79. The first-order valence-electron chi connectivity index (χ1n) is 7.64. The van der Waals surface area contributed by atoms with Crippen molar-refractivity contribution in [1.82, 2.24) is 5.32 Å². The predicted octanol–water partition coefficient (Wildman–Crippen LogP) is 4.01. The maximum atomic E-state index is 3.55. The molecule has 1 nitrogen and oxygen atoms in total. The van der Waals surface area contributed by atoms with Gasteiger partial charge >= 0.3 is 0 Å². The van der Waals surface area contributed by atoms with Crippen LogP contribution in [0.5, 0.6) is 0 Å². The summed E-state index contributed by atoms with van der Waals surface area (Å²) in [6, 6.07) is 2.54. The van der Waals surface area contributed by atoms with E-state index in [0.717, 1.165) is 13.1 Å². The van der Waals surface area contributed by atoms with Crippen molar-refractivity contribution < 1.29 is 0 Å². The Morgan fingerprint density at radius 3 is 2.32 bits per heavy atom. The lowest BCUT2D eigenvalue weighted by molar-refractivity contribution is 0.664. The van der Waals surface area contributed by atoms with E-state index in [1.807, 2.05) is 0 Å². The lowest BCUT2D eigenvalue weighted by Gasteiger charge is -2.26. The van der Waals surface area contributed by atoms with Crippen molar-refractivity contribution in [2.24, 2.45) is 0 Å². The fourth-order valence-electron chi connectivity index (χ4n) is 3.82. The summed E-state index contributed by atoms with van der Waals surface area (Å²) in [5, 5.41) is 3.55. The predicted molar refractivity (Wildman–Crippen MR) is 84.2 cm³/mol. The molecule has 0 bridgehead atoms. The third-order valence-corrected chi connectivity index (χ3v) is 4.60. The average molecular weight is 259 g/mol. The van der Waals surface area contributed by atoms with E-state index < -0.39 is 0 Å². The molecule has 3 rings (SSSR count). The second-order valence-electron chi connectivity index (χ2n) is 6.18. The van der Waals surface area contributed by atoms with Gasteiger partial charge in [-0.1, -0.05) is 27.3 Å². The van der Waals surface area contributed by atoms with E-state index in [0.29, 0.717) is 5.92 Å². The van der Waals surface area contributed by atoms with Crippen LogP contribution in [-0.2, 0) is 25.7 Å². The van der Waals surface area contributed by atoms with E-state index in [-0.39, 0.29) is 7.43 Å². The van der Waals surface area contributed by atoms with E-state index in [9.17, 15) is 0 Å². The molecule has 0 saturated heterocycles. The fourth-order valence-corrected chi connectivity index (χ4v) is 3.82.